The quantitative estimate of drug-likeness (QED) is 0.377. The minimum absolute atomic E-state index is 0.101. The molecular weight excluding hydrogens is 502 g/mol. The molecule has 0 radical (unpaired) electrons. The fourth-order valence-electron chi connectivity index (χ4n) is 5.17. The van der Waals surface area contributed by atoms with Gasteiger partial charge in [-0.15, -0.1) is 0 Å². The van der Waals surface area contributed by atoms with Crippen molar-refractivity contribution < 1.29 is 14.4 Å². The van der Waals surface area contributed by atoms with E-state index in [2.05, 4.69) is 22.8 Å². The lowest BCUT2D eigenvalue weighted by atomic mass is 9.85. The van der Waals surface area contributed by atoms with Gasteiger partial charge in [-0.3, -0.25) is 14.4 Å². The zero-order chi connectivity index (χ0) is 29.3. The molecule has 4 N–H and O–H groups in total. The van der Waals surface area contributed by atoms with Crippen LogP contribution in [-0.2, 0) is 27.2 Å². The minimum Gasteiger partial charge on any atom is -0.342 e. The maximum Gasteiger partial charge on any atom is 0.246 e. The summed E-state index contributed by atoms with van der Waals surface area (Å²) in [5.41, 5.74) is 8.15. The number of nitrogens with zero attached hydrogens (tertiary/aromatic N) is 2. The van der Waals surface area contributed by atoms with Crippen LogP contribution in [-0.4, -0.2) is 78.4 Å². The van der Waals surface area contributed by atoms with Crippen molar-refractivity contribution in [2.24, 2.45) is 11.1 Å². The van der Waals surface area contributed by atoms with E-state index in [9.17, 15) is 14.4 Å². The normalized spacial score (nSPS) is 17.6. The number of rotatable bonds is 12. The van der Waals surface area contributed by atoms with Gasteiger partial charge in [0.1, 0.15) is 6.04 Å². The van der Waals surface area contributed by atoms with Crippen molar-refractivity contribution in [1.29, 1.82) is 0 Å². The molecule has 0 aliphatic carbocycles. The van der Waals surface area contributed by atoms with E-state index in [1.54, 1.807) is 14.0 Å². The minimum atomic E-state index is -0.676. The summed E-state index contributed by atoms with van der Waals surface area (Å²) in [6.45, 7) is 9.19. The highest BCUT2D eigenvalue weighted by Crippen LogP contribution is 2.26. The van der Waals surface area contributed by atoms with Crippen LogP contribution in [0.4, 0.5) is 0 Å². The van der Waals surface area contributed by atoms with Crippen LogP contribution in [0.1, 0.15) is 51.7 Å². The maximum absolute atomic E-state index is 13.9. The number of likely N-dealkylation sites (tertiary alicyclic amines) is 1. The maximum atomic E-state index is 13.9. The fourth-order valence-corrected chi connectivity index (χ4v) is 5.17. The molecule has 1 aliphatic heterocycles. The molecule has 8 heteroatoms. The Bertz CT molecular complexity index is 1100. The van der Waals surface area contributed by atoms with E-state index in [0.717, 1.165) is 24.0 Å². The summed E-state index contributed by atoms with van der Waals surface area (Å²) in [4.78, 5) is 44.1. The Hall–Kier alpha value is -3.23. The topological polar surface area (TPSA) is 108 Å². The van der Waals surface area contributed by atoms with Gasteiger partial charge in [-0.1, -0.05) is 81.4 Å². The highest BCUT2D eigenvalue weighted by atomic mass is 16.2. The van der Waals surface area contributed by atoms with Crippen LogP contribution < -0.4 is 16.4 Å². The second kappa shape index (κ2) is 14.4. The summed E-state index contributed by atoms with van der Waals surface area (Å²) in [6, 6.07) is 18.0. The Morgan fingerprint density at radius 1 is 1.02 bits per heavy atom. The average molecular weight is 550 g/mol. The predicted octanol–water partition coefficient (Wildman–Crippen LogP) is 2.76. The van der Waals surface area contributed by atoms with E-state index in [4.69, 9.17) is 5.73 Å². The van der Waals surface area contributed by atoms with E-state index in [-0.39, 0.29) is 23.8 Å². The first-order valence-electron chi connectivity index (χ1n) is 14.4. The van der Waals surface area contributed by atoms with Gasteiger partial charge >= 0.3 is 0 Å². The number of carbonyl (C=O) groups excluding carboxylic acids is 3. The summed E-state index contributed by atoms with van der Waals surface area (Å²) in [7, 11) is 1.72. The monoisotopic (exact) mass is 549 g/mol. The molecule has 0 bridgehead atoms. The zero-order valence-corrected chi connectivity index (χ0v) is 24.7. The van der Waals surface area contributed by atoms with Crippen molar-refractivity contribution in [3.8, 4) is 0 Å². The lowest BCUT2D eigenvalue weighted by Crippen LogP contribution is -2.59. The molecule has 0 saturated carbocycles. The Kier molecular flexibility index (Phi) is 11.3. The second-order valence-electron chi connectivity index (χ2n) is 12.0. The van der Waals surface area contributed by atoms with Gasteiger partial charge in [-0.2, -0.15) is 0 Å². The Morgan fingerprint density at radius 3 is 2.20 bits per heavy atom. The number of amides is 3. The molecule has 218 valence electrons. The van der Waals surface area contributed by atoms with Crippen LogP contribution in [0.15, 0.2) is 60.7 Å². The molecule has 3 rings (SSSR count). The van der Waals surface area contributed by atoms with Gasteiger partial charge in [0.2, 0.25) is 17.7 Å². The third kappa shape index (κ3) is 8.63. The number of carbonyl (C=O) groups is 3. The lowest BCUT2D eigenvalue weighted by Gasteiger charge is -2.38. The molecule has 4 atom stereocenters. The smallest absolute Gasteiger partial charge is 0.246 e. The van der Waals surface area contributed by atoms with Crippen LogP contribution in [0.2, 0.25) is 0 Å². The molecule has 40 heavy (non-hydrogen) atoms. The molecule has 0 unspecified atom stereocenters. The van der Waals surface area contributed by atoms with Crippen molar-refractivity contribution in [3.05, 3.63) is 71.8 Å². The molecule has 2 aromatic rings. The Balaban J connectivity index is 1.78. The third-order valence-corrected chi connectivity index (χ3v) is 7.76. The number of benzene rings is 2. The summed E-state index contributed by atoms with van der Waals surface area (Å²) in [5.74, 6) is -0.420. The third-order valence-electron chi connectivity index (χ3n) is 7.76. The van der Waals surface area contributed by atoms with Gasteiger partial charge in [0, 0.05) is 25.7 Å². The van der Waals surface area contributed by atoms with Gasteiger partial charge in [0.25, 0.3) is 0 Å². The first-order valence-corrected chi connectivity index (χ1v) is 14.4. The SMILES string of the molecule is CN[C@@H](C)C(=O)N[C@H](C(=O)N1CCC[C@H]1CN(CCc1ccccc1)C(=O)[C@H](N)Cc1ccccc1)C(C)(C)C. The Morgan fingerprint density at radius 2 is 1.62 bits per heavy atom. The molecule has 1 aliphatic rings. The summed E-state index contributed by atoms with van der Waals surface area (Å²) in [5, 5.41) is 5.92. The molecule has 0 spiro atoms. The van der Waals surface area contributed by atoms with Gasteiger partial charge in [0.05, 0.1) is 12.1 Å². The summed E-state index contributed by atoms with van der Waals surface area (Å²) < 4.78 is 0. The first kappa shape index (κ1) is 31.3. The van der Waals surface area contributed by atoms with Crippen LogP contribution in [0.25, 0.3) is 0 Å². The van der Waals surface area contributed by atoms with E-state index >= 15 is 0 Å². The highest BCUT2D eigenvalue weighted by molar-refractivity contribution is 5.90. The molecule has 1 fully saturated rings. The fraction of sp³-hybridized carbons (Fsp3) is 0.531. The molecule has 0 aromatic heterocycles. The largest absolute Gasteiger partial charge is 0.342 e. The van der Waals surface area contributed by atoms with Gasteiger partial charge < -0.3 is 26.2 Å². The van der Waals surface area contributed by atoms with Crippen molar-refractivity contribution >= 4 is 17.7 Å². The first-order chi connectivity index (χ1) is 19.0. The molecule has 3 amide bonds. The molecule has 2 aromatic carbocycles. The zero-order valence-electron chi connectivity index (χ0n) is 24.7. The standard InChI is InChI=1S/C32H47N5O3/c1-23(34-5)29(38)35-28(32(2,3)4)31(40)37-19-12-17-26(37)22-36(20-18-24-13-8-6-9-14-24)30(39)27(33)21-25-15-10-7-11-16-25/h6-11,13-16,23,26-28,34H,12,17-22,33H2,1-5H3,(H,35,38)/t23-,26-,27+,28+/m0/s1. The van der Waals surface area contributed by atoms with E-state index in [1.807, 2.05) is 79.1 Å². The second-order valence-corrected chi connectivity index (χ2v) is 12.0. The van der Waals surface area contributed by atoms with Crippen molar-refractivity contribution in [2.75, 3.05) is 26.7 Å². The number of hydrogen-bond acceptors (Lipinski definition) is 5. The van der Waals surface area contributed by atoms with E-state index in [1.165, 1.54) is 0 Å². The van der Waals surface area contributed by atoms with Gasteiger partial charge in [-0.05, 0) is 56.2 Å². The molecular formula is C32H47N5O3. The van der Waals surface area contributed by atoms with Crippen molar-refractivity contribution in [1.82, 2.24) is 20.4 Å². The van der Waals surface area contributed by atoms with Crippen molar-refractivity contribution in [3.63, 3.8) is 0 Å². The predicted molar refractivity (Wildman–Crippen MR) is 159 cm³/mol. The van der Waals surface area contributed by atoms with E-state index in [0.29, 0.717) is 32.5 Å². The number of nitrogens with one attached hydrogen (secondary N) is 2. The van der Waals surface area contributed by atoms with Crippen molar-refractivity contribution in [2.45, 2.75) is 77.5 Å². The number of hydrogen-bond donors (Lipinski definition) is 3. The number of nitrogens with two attached hydrogens (primary N) is 1. The molecule has 1 heterocycles. The van der Waals surface area contributed by atoms with Crippen LogP contribution in [0.3, 0.4) is 0 Å². The van der Waals surface area contributed by atoms with E-state index < -0.39 is 23.5 Å². The van der Waals surface area contributed by atoms with Gasteiger partial charge in [-0.25, -0.2) is 0 Å². The average Bonchev–Trinajstić information content (AvgIpc) is 3.41. The van der Waals surface area contributed by atoms with Crippen LogP contribution >= 0.6 is 0 Å². The lowest BCUT2D eigenvalue weighted by molar-refractivity contribution is -0.142. The Labute approximate surface area is 239 Å². The molecule has 1 saturated heterocycles. The summed E-state index contributed by atoms with van der Waals surface area (Å²) >= 11 is 0. The highest BCUT2D eigenvalue weighted by Gasteiger charge is 2.41. The molecule has 8 nitrogen and oxygen atoms in total. The van der Waals surface area contributed by atoms with Gasteiger partial charge in [0.15, 0.2) is 0 Å². The number of likely N-dealkylation sites (N-methyl/N-ethyl adjacent to an activating group) is 1. The summed E-state index contributed by atoms with van der Waals surface area (Å²) in [6.07, 6.45) is 2.81. The van der Waals surface area contributed by atoms with Crippen LogP contribution in [0.5, 0.6) is 0 Å². The van der Waals surface area contributed by atoms with Crippen LogP contribution in [0, 0.1) is 5.41 Å².